The van der Waals surface area contributed by atoms with E-state index in [1.54, 1.807) is 12.1 Å². The first-order chi connectivity index (χ1) is 13.8. The van der Waals surface area contributed by atoms with Crippen molar-refractivity contribution in [1.82, 2.24) is 15.6 Å². The van der Waals surface area contributed by atoms with Crippen molar-refractivity contribution in [3.05, 3.63) is 76.1 Å². The topological polar surface area (TPSA) is 131 Å². The molecule has 0 bridgehead atoms. The number of sulfonamides is 1. The van der Waals surface area contributed by atoms with Crippen LogP contribution in [0.3, 0.4) is 0 Å². The fourth-order valence-electron chi connectivity index (χ4n) is 2.22. The van der Waals surface area contributed by atoms with Crippen molar-refractivity contribution in [2.45, 2.75) is 11.4 Å². The highest BCUT2D eigenvalue weighted by Gasteiger charge is 2.23. The SMILES string of the molecule is O=C(NNC(=O)c1cc(S(=O)(=O)NCc2ccco2)c(Cl)cc1Cl)c1ccco1. The van der Waals surface area contributed by atoms with Crippen LogP contribution in [0, 0.1) is 0 Å². The van der Waals surface area contributed by atoms with Crippen molar-refractivity contribution < 1.29 is 26.8 Å². The van der Waals surface area contributed by atoms with Gasteiger partial charge in [0, 0.05) is 0 Å². The lowest BCUT2D eigenvalue weighted by Gasteiger charge is -2.12. The predicted octanol–water partition coefficient (Wildman–Crippen LogP) is 2.73. The minimum atomic E-state index is -4.09. The van der Waals surface area contributed by atoms with Crippen LogP contribution in [0.2, 0.25) is 10.0 Å². The molecule has 0 aliphatic heterocycles. The lowest BCUT2D eigenvalue weighted by molar-refractivity contribution is 0.0831. The highest BCUT2D eigenvalue weighted by atomic mass is 35.5. The van der Waals surface area contributed by atoms with Gasteiger partial charge < -0.3 is 8.83 Å². The van der Waals surface area contributed by atoms with Crippen LogP contribution < -0.4 is 15.6 Å². The van der Waals surface area contributed by atoms with Gasteiger partial charge in [0.2, 0.25) is 10.0 Å². The molecule has 0 fully saturated rings. The normalized spacial score (nSPS) is 11.2. The first kappa shape index (κ1) is 20.9. The number of amides is 2. The number of hydrogen-bond donors (Lipinski definition) is 3. The fraction of sp³-hybridized carbons (Fsp3) is 0.0588. The first-order valence-electron chi connectivity index (χ1n) is 7.93. The quantitative estimate of drug-likeness (QED) is 0.487. The number of carbonyl (C=O) groups excluding carboxylic acids is 2. The van der Waals surface area contributed by atoms with Gasteiger partial charge in [0.1, 0.15) is 10.7 Å². The third-order valence-corrected chi connectivity index (χ3v) is 5.79. The van der Waals surface area contributed by atoms with E-state index >= 15 is 0 Å². The summed E-state index contributed by atoms with van der Waals surface area (Å²) in [4.78, 5) is 23.8. The molecule has 2 amide bonds. The number of halogens is 2. The molecular weight excluding hydrogens is 445 g/mol. The summed E-state index contributed by atoms with van der Waals surface area (Å²) in [6, 6.07) is 8.22. The number of benzene rings is 1. The minimum absolute atomic E-state index is 0.0297. The molecule has 0 aliphatic rings. The Morgan fingerprint density at radius 1 is 0.931 bits per heavy atom. The van der Waals surface area contributed by atoms with E-state index in [1.807, 2.05) is 0 Å². The first-order valence-corrected chi connectivity index (χ1v) is 10.2. The predicted molar refractivity (Wildman–Crippen MR) is 103 cm³/mol. The number of hydrazine groups is 1. The Hall–Kier alpha value is -2.79. The highest BCUT2D eigenvalue weighted by molar-refractivity contribution is 7.89. The minimum Gasteiger partial charge on any atom is -0.468 e. The lowest BCUT2D eigenvalue weighted by Crippen LogP contribution is -2.41. The van der Waals surface area contributed by atoms with E-state index in [4.69, 9.17) is 32.0 Å². The van der Waals surface area contributed by atoms with Crippen LogP contribution in [0.25, 0.3) is 0 Å². The van der Waals surface area contributed by atoms with E-state index in [-0.39, 0.29) is 32.8 Å². The zero-order valence-electron chi connectivity index (χ0n) is 14.4. The monoisotopic (exact) mass is 457 g/mol. The Bertz CT molecular complexity index is 1130. The van der Waals surface area contributed by atoms with Gasteiger partial charge in [-0.25, -0.2) is 13.1 Å². The standard InChI is InChI=1S/C17H13Cl2N3O6S/c18-12-8-13(19)15(29(25,26)20-9-10-3-1-5-27-10)7-11(12)16(23)21-22-17(24)14-4-2-6-28-14/h1-8,20H,9H2,(H,21,23)(H,22,24). The molecule has 0 radical (unpaired) electrons. The van der Waals surface area contributed by atoms with Crippen LogP contribution in [0.1, 0.15) is 26.7 Å². The molecule has 152 valence electrons. The molecule has 2 aromatic heterocycles. The van der Waals surface area contributed by atoms with E-state index in [2.05, 4.69) is 15.6 Å². The van der Waals surface area contributed by atoms with Gasteiger partial charge in [-0.2, -0.15) is 0 Å². The molecule has 3 aromatic rings. The maximum Gasteiger partial charge on any atom is 0.305 e. The van der Waals surface area contributed by atoms with Crippen molar-refractivity contribution in [3.8, 4) is 0 Å². The molecular formula is C17H13Cl2N3O6S. The molecule has 2 heterocycles. The molecule has 29 heavy (non-hydrogen) atoms. The summed E-state index contributed by atoms with van der Waals surface area (Å²) >= 11 is 12.0. The van der Waals surface area contributed by atoms with Gasteiger partial charge in [0.25, 0.3) is 5.91 Å². The van der Waals surface area contributed by atoms with Gasteiger partial charge in [0.15, 0.2) is 5.76 Å². The molecule has 0 saturated carbocycles. The molecule has 12 heteroatoms. The van der Waals surface area contributed by atoms with Crippen LogP contribution in [0.4, 0.5) is 0 Å². The maximum atomic E-state index is 12.6. The second-order valence-electron chi connectivity index (χ2n) is 5.55. The van der Waals surface area contributed by atoms with Gasteiger partial charge in [-0.3, -0.25) is 20.4 Å². The number of furan rings is 2. The van der Waals surface area contributed by atoms with E-state index < -0.39 is 21.8 Å². The van der Waals surface area contributed by atoms with Gasteiger partial charge >= 0.3 is 5.91 Å². The van der Waals surface area contributed by atoms with Gasteiger partial charge in [-0.05, 0) is 36.4 Å². The van der Waals surface area contributed by atoms with Crippen LogP contribution in [0.15, 0.2) is 62.7 Å². The number of carbonyl (C=O) groups is 2. The average molecular weight is 458 g/mol. The maximum absolute atomic E-state index is 12.6. The Morgan fingerprint density at radius 2 is 1.62 bits per heavy atom. The Morgan fingerprint density at radius 3 is 2.28 bits per heavy atom. The molecule has 0 atom stereocenters. The van der Waals surface area contributed by atoms with Crippen LogP contribution in [0.5, 0.6) is 0 Å². The van der Waals surface area contributed by atoms with Crippen molar-refractivity contribution in [2.75, 3.05) is 0 Å². The van der Waals surface area contributed by atoms with Crippen molar-refractivity contribution in [2.24, 2.45) is 0 Å². The molecule has 3 N–H and O–H groups in total. The summed E-state index contributed by atoms with van der Waals surface area (Å²) in [6.45, 7) is -0.116. The molecule has 0 unspecified atom stereocenters. The van der Waals surface area contributed by atoms with Crippen molar-refractivity contribution in [3.63, 3.8) is 0 Å². The number of rotatable bonds is 6. The smallest absolute Gasteiger partial charge is 0.305 e. The van der Waals surface area contributed by atoms with Gasteiger partial charge in [-0.15, -0.1) is 0 Å². The fourth-order valence-corrected chi connectivity index (χ4v) is 4.07. The molecule has 0 aliphatic carbocycles. The van der Waals surface area contributed by atoms with Crippen LogP contribution in [-0.2, 0) is 16.6 Å². The van der Waals surface area contributed by atoms with Gasteiger partial charge in [0.05, 0.1) is 34.7 Å². The van der Waals surface area contributed by atoms with E-state index in [0.29, 0.717) is 5.76 Å². The summed E-state index contributed by atoms with van der Waals surface area (Å²) in [6.07, 6.45) is 2.69. The summed E-state index contributed by atoms with van der Waals surface area (Å²) in [5.74, 6) is -1.20. The molecule has 0 spiro atoms. The second-order valence-corrected chi connectivity index (χ2v) is 8.10. The van der Waals surface area contributed by atoms with E-state index in [9.17, 15) is 18.0 Å². The zero-order valence-corrected chi connectivity index (χ0v) is 16.8. The number of hydrogen-bond acceptors (Lipinski definition) is 6. The zero-order chi connectivity index (χ0) is 21.0. The highest BCUT2D eigenvalue weighted by Crippen LogP contribution is 2.28. The summed E-state index contributed by atoms with van der Waals surface area (Å²) in [5, 5.41) is -0.289. The summed E-state index contributed by atoms with van der Waals surface area (Å²) < 4.78 is 37.4. The van der Waals surface area contributed by atoms with E-state index in [1.165, 1.54) is 24.7 Å². The summed E-state index contributed by atoms with van der Waals surface area (Å²) in [5.41, 5.74) is 4.04. The second kappa shape index (κ2) is 8.70. The molecule has 3 rings (SSSR count). The average Bonchev–Trinajstić information content (AvgIpc) is 3.37. The van der Waals surface area contributed by atoms with Crippen molar-refractivity contribution in [1.29, 1.82) is 0 Å². The Kier molecular flexibility index (Phi) is 6.28. The number of nitrogens with one attached hydrogen (secondary N) is 3. The third-order valence-electron chi connectivity index (χ3n) is 3.61. The van der Waals surface area contributed by atoms with E-state index in [0.717, 1.165) is 12.1 Å². The largest absolute Gasteiger partial charge is 0.468 e. The van der Waals surface area contributed by atoms with Crippen LogP contribution >= 0.6 is 23.2 Å². The summed E-state index contributed by atoms with van der Waals surface area (Å²) in [7, 11) is -4.09. The Labute approximate surface area is 175 Å². The molecule has 9 nitrogen and oxygen atoms in total. The molecule has 1 aromatic carbocycles. The van der Waals surface area contributed by atoms with Crippen molar-refractivity contribution >= 4 is 45.0 Å². The lowest BCUT2D eigenvalue weighted by atomic mass is 10.2. The Balaban J connectivity index is 1.77. The van der Waals surface area contributed by atoms with Gasteiger partial charge in [-0.1, -0.05) is 23.2 Å². The third kappa shape index (κ3) is 4.98. The molecule has 0 saturated heterocycles. The van der Waals surface area contributed by atoms with Crippen LogP contribution in [-0.4, -0.2) is 20.2 Å².